The third kappa shape index (κ3) is 5.65. The van der Waals surface area contributed by atoms with Crippen molar-refractivity contribution >= 4 is 34.4 Å². The normalized spacial score (nSPS) is 11.9. The monoisotopic (exact) mass is 483 g/mol. The summed E-state index contributed by atoms with van der Waals surface area (Å²) in [6, 6.07) is 12.0. The first-order valence-electron chi connectivity index (χ1n) is 11.5. The Balaban J connectivity index is 2.11. The molecule has 1 aromatic heterocycles. The van der Waals surface area contributed by atoms with E-state index < -0.39 is 12.0 Å². The number of ether oxygens (including phenoxy) is 1. The molecule has 0 bridgehead atoms. The Morgan fingerprint density at radius 2 is 1.82 bits per heavy atom. The Morgan fingerprint density at radius 1 is 1.12 bits per heavy atom. The molecule has 1 heterocycles. The summed E-state index contributed by atoms with van der Waals surface area (Å²) in [5, 5.41) is 0.915. The van der Waals surface area contributed by atoms with Crippen LogP contribution >= 0.6 is 11.6 Å². The van der Waals surface area contributed by atoms with E-state index in [0.717, 1.165) is 5.56 Å². The third-order valence-corrected chi connectivity index (χ3v) is 5.86. The largest absolute Gasteiger partial charge is 0.466 e. The Morgan fingerprint density at radius 3 is 2.47 bits per heavy atom. The number of aromatic nitrogens is 2. The number of esters is 1. The van der Waals surface area contributed by atoms with E-state index >= 15 is 0 Å². The van der Waals surface area contributed by atoms with E-state index in [4.69, 9.17) is 21.3 Å². The second-order valence-electron chi connectivity index (χ2n) is 8.18. The van der Waals surface area contributed by atoms with Gasteiger partial charge in [-0.05, 0) is 57.5 Å². The van der Waals surface area contributed by atoms with Gasteiger partial charge in [0.15, 0.2) is 0 Å². The second-order valence-corrected chi connectivity index (χ2v) is 8.61. The lowest BCUT2D eigenvalue weighted by molar-refractivity contribution is -0.146. The first-order valence-corrected chi connectivity index (χ1v) is 11.9. The highest BCUT2D eigenvalue weighted by atomic mass is 35.5. The van der Waals surface area contributed by atoms with Crippen molar-refractivity contribution in [3.63, 3.8) is 0 Å². The van der Waals surface area contributed by atoms with Crippen LogP contribution in [0.15, 0.2) is 47.3 Å². The van der Waals surface area contributed by atoms with Crippen molar-refractivity contribution in [1.29, 1.82) is 0 Å². The quantitative estimate of drug-likeness (QED) is 0.400. The Hall–Kier alpha value is -3.19. The van der Waals surface area contributed by atoms with Crippen LogP contribution in [-0.2, 0) is 14.3 Å². The number of hydrogen-bond donors (Lipinski definition) is 0. The van der Waals surface area contributed by atoms with E-state index in [2.05, 4.69) is 0 Å². The summed E-state index contributed by atoms with van der Waals surface area (Å²) in [5.74, 6) is -0.171. The van der Waals surface area contributed by atoms with Gasteiger partial charge in [-0.2, -0.15) is 0 Å². The zero-order valence-corrected chi connectivity index (χ0v) is 20.8. The molecule has 34 heavy (non-hydrogen) atoms. The average Bonchev–Trinajstić information content (AvgIpc) is 2.81. The third-order valence-electron chi connectivity index (χ3n) is 5.62. The van der Waals surface area contributed by atoms with Gasteiger partial charge in [0.05, 0.1) is 35.7 Å². The van der Waals surface area contributed by atoms with E-state index in [1.165, 1.54) is 0 Å². The number of rotatable bonds is 9. The molecule has 1 unspecified atom stereocenters. The van der Waals surface area contributed by atoms with Gasteiger partial charge >= 0.3 is 5.97 Å². The molecule has 0 radical (unpaired) electrons. The molecule has 180 valence electrons. The molecule has 1 amide bonds. The molecule has 2 aromatic carbocycles. The van der Waals surface area contributed by atoms with Crippen LogP contribution in [0.25, 0.3) is 16.6 Å². The zero-order valence-electron chi connectivity index (χ0n) is 20.0. The molecule has 3 aromatic rings. The first-order chi connectivity index (χ1) is 16.3. The van der Waals surface area contributed by atoms with E-state index in [1.807, 2.05) is 45.0 Å². The topological polar surface area (TPSA) is 81.5 Å². The Labute approximate surface area is 204 Å². The molecule has 8 heteroatoms. The lowest BCUT2D eigenvalue weighted by Gasteiger charge is -2.30. The van der Waals surface area contributed by atoms with Crippen molar-refractivity contribution in [2.45, 2.75) is 53.0 Å². The molecular formula is C26H30ClN3O4. The number of fused-ring (bicyclic) bond motifs is 1. The molecule has 0 fully saturated rings. The van der Waals surface area contributed by atoms with Gasteiger partial charge in [-0.3, -0.25) is 19.0 Å². The maximum absolute atomic E-state index is 13.6. The summed E-state index contributed by atoms with van der Waals surface area (Å²) < 4.78 is 6.52. The van der Waals surface area contributed by atoms with Crippen LogP contribution in [0.2, 0.25) is 5.02 Å². The van der Waals surface area contributed by atoms with Crippen molar-refractivity contribution in [1.82, 2.24) is 14.5 Å². The van der Waals surface area contributed by atoms with E-state index in [0.29, 0.717) is 40.4 Å². The maximum Gasteiger partial charge on any atom is 0.306 e. The van der Waals surface area contributed by atoms with Crippen LogP contribution < -0.4 is 5.56 Å². The van der Waals surface area contributed by atoms with Gasteiger partial charge in [0, 0.05) is 18.0 Å². The molecule has 0 N–H and O–H groups in total. The number of aryl methyl sites for hydroxylation is 1. The molecule has 7 nitrogen and oxygen atoms in total. The SMILES string of the molecule is CCCN(C(=O)CCC(=O)OCC)C(C)c1nc2cc(Cl)ccc2c(=O)n1-c1ccc(C)cc1. The molecule has 0 saturated heterocycles. The lowest BCUT2D eigenvalue weighted by Crippen LogP contribution is -2.38. The van der Waals surface area contributed by atoms with Crippen molar-refractivity contribution in [2.24, 2.45) is 0 Å². The van der Waals surface area contributed by atoms with Crippen LogP contribution in [0.4, 0.5) is 0 Å². The minimum atomic E-state index is -0.521. The van der Waals surface area contributed by atoms with E-state index in [9.17, 15) is 14.4 Å². The summed E-state index contributed by atoms with van der Waals surface area (Å²) >= 11 is 6.18. The van der Waals surface area contributed by atoms with Crippen molar-refractivity contribution in [3.05, 3.63) is 69.2 Å². The second kappa shape index (κ2) is 11.3. The molecule has 0 aliphatic rings. The smallest absolute Gasteiger partial charge is 0.306 e. The van der Waals surface area contributed by atoms with Crippen LogP contribution in [0.1, 0.15) is 57.5 Å². The zero-order chi connectivity index (χ0) is 24.8. The number of benzene rings is 2. The number of carbonyl (C=O) groups is 2. The average molecular weight is 484 g/mol. The molecule has 0 saturated carbocycles. The van der Waals surface area contributed by atoms with Gasteiger partial charge in [-0.1, -0.05) is 36.2 Å². The van der Waals surface area contributed by atoms with Crippen LogP contribution in [0, 0.1) is 6.92 Å². The highest BCUT2D eigenvalue weighted by Gasteiger charge is 2.27. The standard InChI is InChI=1S/C26H30ClN3O4/c1-5-15-29(23(31)13-14-24(32)34-6-2)18(4)25-28-22-16-19(27)9-12-21(22)26(33)30(25)20-10-7-17(3)8-11-20/h7-12,16,18H,5-6,13-15H2,1-4H3. The highest BCUT2D eigenvalue weighted by molar-refractivity contribution is 6.31. The molecule has 0 aliphatic carbocycles. The van der Waals surface area contributed by atoms with Crippen molar-refractivity contribution < 1.29 is 14.3 Å². The first kappa shape index (κ1) is 25.4. The maximum atomic E-state index is 13.6. The highest BCUT2D eigenvalue weighted by Crippen LogP contribution is 2.25. The predicted molar refractivity (Wildman–Crippen MR) is 133 cm³/mol. The molecule has 0 aliphatic heterocycles. The van der Waals surface area contributed by atoms with Gasteiger partial charge in [-0.25, -0.2) is 4.98 Å². The van der Waals surface area contributed by atoms with Crippen LogP contribution in [0.5, 0.6) is 0 Å². The summed E-state index contributed by atoms with van der Waals surface area (Å²) in [7, 11) is 0. The van der Waals surface area contributed by atoms with Gasteiger partial charge in [0.25, 0.3) is 5.56 Å². The van der Waals surface area contributed by atoms with E-state index in [-0.39, 0.29) is 30.9 Å². The Kier molecular flexibility index (Phi) is 8.45. The molecule has 0 spiro atoms. The fourth-order valence-corrected chi connectivity index (χ4v) is 4.07. The summed E-state index contributed by atoms with van der Waals surface area (Å²) in [5.41, 5.74) is 1.96. The van der Waals surface area contributed by atoms with Crippen molar-refractivity contribution in [2.75, 3.05) is 13.2 Å². The number of halogens is 1. The molecular weight excluding hydrogens is 454 g/mol. The fourth-order valence-electron chi connectivity index (χ4n) is 3.90. The summed E-state index contributed by atoms with van der Waals surface area (Å²) in [4.78, 5) is 45.0. The van der Waals surface area contributed by atoms with Gasteiger partial charge in [0.2, 0.25) is 5.91 Å². The number of carbonyl (C=O) groups excluding carboxylic acids is 2. The minimum Gasteiger partial charge on any atom is -0.466 e. The van der Waals surface area contributed by atoms with Crippen LogP contribution in [-0.4, -0.2) is 39.5 Å². The fraction of sp³-hybridized carbons (Fsp3) is 0.385. The number of amides is 1. The predicted octanol–water partition coefficient (Wildman–Crippen LogP) is 4.99. The number of nitrogens with zero attached hydrogens (tertiary/aromatic N) is 3. The van der Waals surface area contributed by atoms with Gasteiger partial charge < -0.3 is 9.64 Å². The van der Waals surface area contributed by atoms with Gasteiger partial charge in [0.1, 0.15) is 5.82 Å². The number of hydrogen-bond acceptors (Lipinski definition) is 5. The minimum absolute atomic E-state index is 0.00509. The summed E-state index contributed by atoms with van der Waals surface area (Å²) in [6.45, 7) is 8.25. The summed E-state index contributed by atoms with van der Waals surface area (Å²) in [6.07, 6.45) is 0.742. The van der Waals surface area contributed by atoms with Gasteiger partial charge in [-0.15, -0.1) is 0 Å². The van der Waals surface area contributed by atoms with E-state index in [1.54, 1.807) is 34.6 Å². The molecule has 1 atom stereocenters. The molecule has 3 rings (SSSR count). The van der Waals surface area contributed by atoms with Crippen LogP contribution in [0.3, 0.4) is 0 Å². The Bertz CT molecular complexity index is 1240. The lowest BCUT2D eigenvalue weighted by atomic mass is 10.1. The van der Waals surface area contributed by atoms with Crippen molar-refractivity contribution in [3.8, 4) is 5.69 Å².